The Bertz CT molecular complexity index is 744. The Morgan fingerprint density at radius 2 is 2.24 bits per heavy atom. The van der Waals surface area contributed by atoms with Gasteiger partial charge in [-0.15, -0.1) is 0 Å². The number of benzene rings is 1. The molecule has 0 aliphatic carbocycles. The maximum Gasteiger partial charge on any atom is 0.347 e. The van der Waals surface area contributed by atoms with Gasteiger partial charge in [-0.05, 0) is 25.1 Å². The maximum atomic E-state index is 13.2. The molecule has 2 aromatic rings. The van der Waals surface area contributed by atoms with Crippen molar-refractivity contribution in [1.29, 1.82) is 0 Å². The van der Waals surface area contributed by atoms with Gasteiger partial charge in [0.1, 0.15) is 5.82 Å². The van der Waals surface area contributed by atoms with Crippen molar-refractivity contribution in [3.63, 3.8) is 0 Å². The van der Waals surface area contributed by atoms with Crippen LogP contribution < -0.4 is 0 Å². The number of carbonyl (C=O) groups is 2. The smallest absolute Gasteiger partial charge is 0.347 e. The van der Waals surface area contributed by atoms with E-state index in [9.17, 15) is 14.0 Å². The van der Waals surface area contributed by atoms with E-state index in [2.05, 4.69) is 4.98 Å². The lowest BCUT2D eigenvalue weighted by Gasteiger charge is -2.10. The first-order valence-electron chi connectivity index (χ1n) is 6.49. The van der Waals surface area contributed by atoms with Crippen LogP contribution in [-0.4, -0.2) is 29.6 Å². The van der Waals surface area contributed by atoms with Crippen LogP contribution in [0.15, 0.2) is 24.3 Å². The Labute approximate surface area is 119 Å². The van der Waals surface area contributed by atoms with Crippen LogP contribution in [0, 0.1) is 12.7 Å². The van der Waals surface area contributed by atoms with Crippen LogP contribution in [0.5, 0.6) is 0 Å². The first-order chi connectivity index (χ1) is 10.0. The lowest BCUT2D eigenvalue weighted by atomic mass is 10.1. The number of fused-ring (bicyclic) bond motifs is 1. The molecular weight excluding hydrogens is 277 g/mol. The summed E-state index contributed by atoms with van der Waals surface area (Å²) >= 11 is 0. The molecule has 1 atom stereocenters. The average Bonchev–Trinajstić information content (AvgIpc) is 2.83. The molecule has 1 fully saturated rings. The van der Waals surface area contributed by atoms with Crippen LogP contribution in [0.4, 0.5) is 4.39 Å². The number of cyclic esters (lactones) is 1. The number of esters is 2. The summed E-state index contributed by atoms with van der Waals surface area (Å²) in [6.07, 6.45) is -0.503. The fourth-order valence-corrected chi connectivity index (χ4v) is 2.22. The molecule has 21 heavy (non-hydrogen) atoms. The van der Waals surface area contributed by atoms with Gasteiger partial charge in [0.25, 0.3) is 0 Å². The third-order valence-electron chi connectivity index (χ3n) is 3.33. The zero-order chi connectivity index (χ0) is 15.0. The number of aromatic nitrogens is 1. The Kier molecular flexibility index (Phi) is 3.29. The van der Waals surface area contributed by atoms with E-state index in [1.807, 2.05) is 0 Å². The second-order valence-electron chi connectivity index (χ2n) is 4.81. The third-order valence-corrected chi connectivity index (χ3v) is 3.33. The molecule has 0 radical (unpaired) electrons. The van der Waals surface area contributed by atoms with Crippen LogP contribution in [0.1, 0.15) is 22.5 Å². The van der Waals surface area contributed by atoms with Gasteiger partial charge in [0.15, 0.2) is 0 Å². The van der Waals surface area contributed by atoms with E-state index in [1.165, 1.54) is 18.2 Å². The number of halogens is 1. The third kappa shape index (κ3) is 2.56. The number of ether oxygens (including phenoxy) is 2. The molecule has 0 bridgehead atoms. The van der Waals surface area contributed by atoms with E-state index < -0.39 is 23.9 Å². The summed E-state index contributed by atoms with van der Waals surface area (Å²) < 4.78 is 23.0. The second-order valence-corrected chi connectivity index (χ2v) is 4.81. The van der Waals surface area contributed by atoms with Crippen molar-refractivity contribution < 1.29 is 23.5 Å². The van der Waals surface area contributed by atoms with Gasteiger partial charge >= 0.3 is 11.9 Å². The minimum absolute atomic E-state index is 0.255. The van der Waals surface area contributed by atoms with Gasteiger partial charge < -0.3 is 9.47 Å². The molecule has 1 unspecified atom stereocenters. The summed E-state index contributed by atoms with van der Waals surface area (Å²) in [7, 11) is 0. The molecule has 108 valence electrons. The van der Waals surface area contributed by atoms with Crippen molar-refractivity contribution in [1.82, 2.24) is 4.98 Å². The lowest BCUT2D eigenvalue weighted by molar-refractivity contribution is -0.145. The molecule has 1 aliphatic rings. The number of aryl methyl sites for hydroxylation is 1. The molecule has 1 saturated heterocycles. The normalized spacial score (nSPS) is 17.8. The van der Waals surface area contributed by atoms with Crippen LogP contribution in [0.2, 0.25) is 0 Å². The summed E-state index contributed by atoms with van der Waals surface area (Å²) in [5, 5.41) is 0.628. The zero-order valence-corrected chi connectivity index (χ0v) is 11.3. The topological polar surface area (TPSA) is 65.5 Å². The molecule has 1 aliphatic heterocycles. The van der Waals surface area contributed by atoms with Crippen molar-refractivity contribution in [2.75, 3.05) is 6.61 Å². The average molecular weight is 289 g/mol. The van der Waals surface area contributed by atoms with Crippen molar-refractivity contribution in [2.24, 2.45) is 0 Å². The van der Waals surface area contributed by atoms with E-state index in [0.717, 1.165) is 0 Å². The summed E-state index contributed by atoms with van der Waals surface area (Å²) in [5.41, 5.74) is 1.14. The first kappa shape index (κ1) is 13.5. The predicted octanol–water partition coefficient (Wildman–Crippen LogP) is 2.15. The highest BCUT2D eigenvalue weighted by Gasteiger charge is 2.31. The lowest BCUT2D eigenvalue weighted by Crippen LogP contribution is -2.23. The molecule has 0 spiro atoms. The molecule has 6 heteroatoms. The summed E-state index contributed by atoms with van der Waals surface area (Å²) in [5.74, 6) is -1.55. The Balaban J connectivity index is 1.92. The maximum absolute atomic E-state index is 13.2. The van der Waals surface area contributed by atoms with Gasteiger partial charge in [-0.2, -0.15) is 0 Å². The minimum Gasteiger partial charge on any atom is -0.463 e. The highest BCUT2D eigenvalue weighted by Crippen LogP contribution is 2.20. The van der Waals surface area contributed by atoms with Crippen molar-refractivity contribution in [3.8, 4) is 0 Å². The largest absolute Gasteiger partial charge is 0.463 e. The minimum atomic E-state index is -0.860. The van der Waals surface area contributed by atoms with Crippen LogP contribution in [-0.2, 0) is 14.3 Å². The second kappa shape index (κ2) is 5.12. The highest BCUT2D eigenvalue weighted by molar-refractivity contribution is 5.96. The number of carbonyl (C=O) groups excluding carboxylic acids is 2. The summed E-state index contributed by atoms with van der Waals surface area (Å²) in [4.78, 5) is 27.6. The van der Waals surface area contributed by atoms with Crippen molar-refractivity contribution in [2.45, 2.75) is 19.4 Å². The molecule has 0 N–H and O–H groups in total. The first-order valence-corrected chi connectivity index (χ1v) is 6.49. The van der Waals surface area contributed by atoms with Gasteiger partial charge in [-0.25, -0.2) is 14.0 Å². The molecule has 0 saturated carbocycles. The quantitative estimate of drug-likeness (QED) is 0.793. The Morgan fingerprint density at radius 1 is 1.43 bits per heavy atom. The molecule has 0 amide bonds. The SMILES string of the molecule is Cc1nc2cc(F)ccc2cc1C(=O)OC1CCOC1=O. The molecule has 3 rings (SSSR count). The monoisotopic (exact) mass is 289 g/mol. The standard InChI is InChI=1S/C15H12FNO4/c1-8-11(14(18)21-13-4-5-20-15(13)19)6-9-2-3-10(16)7-12(9)17-8/h2-3,6-7,13H,4-5H2,1H3. The van der Waals surface area contributed by atoms with E-state index in [4.69, 9.17) is 9.47 Å². The number of nitrogens with zero attached hydrogens (tertiary/aromatic N) is 1. The van der Waals surface area contributed by atoms with Crippen molar-refractivity contribution in [3.05, 3.63) is 41.3 Å². The highest BCUT2D eigenvalue weighted by atomic mass is 19.1. The van der Waals surface area contributed by atoms with Crippen LogP contribution >= 0.6 is 0 Å². The Morgan fingerprint density at radius 3 is 2.95 bits per heavy atom. The summed E-state index contributed by atoms with van der Waals surface area (Å²) in [6.45, 7) is 1.89. The molecule has 1 aromatic carbocycles. The zero-order valence-electron chi connectivity index (χ0n) is 11.3. The van der Waals surface area contributed by atoms with Gasteiger partial charge in [-0.3, -0.25) is 4.98 Å². The van der Waals surface area contributed by atoms with E-state index >= 15 is 0 Å². The molecule has 5 nitrogen and oxygen atoms in total. The van der Waals surface area contributed by atoms with Crippen molar-refractivity contribution >= 4 is 22.8 Å². The van der Waals surface area contributed by atoms with Gasteiger partial charge in [0.05, 0.1) is 23.4 Å². The van der Waals surface area contributed by atoms with Gasteiger partial charge in [0, 0.05) is 17.9 Å². The predicted molar refractivity (Wildman–Crippen MR) is 71.2 cm³/mol. The number of pyridine rings is 1. The van der Waals surface area contributed by atoms with Crippen LogP contribution in [0.3, 0.4) is 0 Å². The molecule has 1 aromatic heterocycles. The number of hydrogen-bond acceptors (Lipinski definition) is 5. The molecular formula is C15H12FNO4. The van der Waals surface area contributed by atoms with Crippen LogP contribution in [0.25, 0.3) is 10.9 Å². The molecule has 2 heterocycles. The van der Waals surface area contributed by atoms with Gasteiger partial charge in [-0.1, -0.05) is 0 Å². The summed E-state index contributed by atoms with van der Waals surface area (Å²) in [6, 6.07) is 5.71. The number of rotatable bonds is 2. The number of hydrogen-bond donors (Lipinski definition) is 0. The van der Waals surface area contributed by atoms with E-state index in [0.29, 0.717) is 23.0 Å². The fraction of sp³-hybridized carbons (Fsp3) is 0.267. The van der Waals surface area contributed by atoms with E-state index in [-0.39, 0.29) is 12.2 Å². The Hall–Kier alpha value is -2.50. The van der Waals surface area contributed by atoms with Gasteiger partial charge in [0.2, 0.25) is 6.10 Å². The fourth-order valence-electron chi connectivity index (χ4n) is 2.22. The van der Waals surface area contributed by atoms with E-state index in [1.54, 1.807) is 13.0 Å².